The Kier molecular flexibility index (Phi) is 5.25. The van der Waals surface area contributed by atoms with Crippen LogP contribution in [0.1, 0.15) is 40.0 Å². The zero-order chi connectivity index (χ0) is 12.9. The molecule has 1 aliphatic rings. The first-order valence-electron chi connectivity index (χ1n) is 6.55. The smallest absolute Gasteiger partial charge is 0.410 e. The van der Waals surface area contributed by atoms with Gasteiger partial charge in [-0.1, -0.05) is 0 Å². The zero-order valence-corrected chi connectivity index (χ0v) is 11.6. The highest BCUT2D eigenvalue weighted by Gasteiger charge is 2.27. The SMILES string of the molecule is CNCCC1CCCN(C(=O)OC(C)(C)C)C1. The molecule has 0 aromatic rings. The Morgan fingerprint density at radius 3 is 2.76 bits per heavy atom. The molecule has 1 N–H and O–H groups in total. The van der Waals surface area contributed by atoms with Gasteiger partial charge in [-0.25, -0.2) is 4.79 Å². The summed E-state index contributed by atoms with van der Waals surface area (Å²) in [6, 6.07) is 0. The molecular weight excluding hydrogens is 216 g/mol. The fourth-order valence-corrected chi connectivity index (χ4v) is 2.14. The van der Waals surface area contributed by atoms with Crippen molar-refractivity contribution in [1.29, 1.82) is 0 Å². The van der Waals surface area contributed by atoms with Gasteiger partial charge in [0.05, 0.1) is 0 Å². The summed E-state index contributed by atoms with van der Waals surface area (Å²) in [5, 5.41) is 3.16. The molecule has 1 rings (SSSR count). The zero-order valence-electron chi connectivity index (χ0n) is 11.6. The molecule has 0 radical (unpaired) electrons. The number of piperidine rings is 1. The molecule has 1 fully saturated rings. The lowest BCUT2D eigenvalue weighted by Crippen LogP contribution is -2.43. The lowest BCUT2D eigenvalue weighted by atomic mass is 9.95. The van der Waals surface area contributed by atoms with E-state index in [1.54, 1.807) is 0 Å². The molecule has 0 bridgehead atoms. The number of carbonyl (C=O) groups is 1. The van der Waals surface area contributed by atoms with Gasteiger partial charge in [0, 0.05) is 13.1 Å². The van der Waals surface area contributed by atoms with Crippen molar-refractivity contribution in [3.8, 4) is 0 Å². The largest absolute Gasteiger partial charge is 0.444 e. The second kappa shape index (κ2) is 6.24. The number of nitrogens with one attached hydrogen (secondary N) is 1. The van der Waals surface area contributed by atoms with Gasteiger partial charge in [0.1, 0.15) is 5.60 Å². The van der Waals surface area contributed by atoms with Crippen molar-refractivity contribution in [3.05, 3.63) is 0 Å². The quantitative estimate of drug-likeness (QED) is 0.825. The van der Waals surface area contributed by atoms with Crippen molar-refractivity contribution in [3.63, 3.8) is 0 Å². The number of likely N-dealkylation sites (tertiary alicyclic amines) is 1. The van der Waals surface area contributed by atoms with Crippen LogP contribution in [0.5, 0.6) is 0 Å². The maximum absolute atomic E-state index is 11.9. The first-order valence-corrected chi connectivity index (χ1v) is 6.55. The molecule has 1 aliphatic heterocycles. The maximum atomic E-state index is 11.9. The third kappa shape index (κ3) is 5.39. The van der Waals surface area contributed by atoms with E-state index in [0.717, 1.165) is 32.5 Å². The average Bonchev–Trinajstić information content (AvgIpc) is 2.24. The molecule has 0 aromatic carbocycles. The van der Waals surface area contributed by atoms with Gasteiger partial charge in [0.25, 0.3) is 0 Å². The minimum atomic E-state index is -0.394. The molecule has 4 nitrogen and oxygen atoms in total. The molecule has 1 saturated heterocycles. The molecule has 0 aliphatic carbocycles. The van der Waals surface area contributed by atoms with Gasteiger partial charge in [-0.3, -0.25) is 0 Å². The van der Waals surface area contributed by atoms with E-state index in [1.807, 2.05) is 32.7 Å². The van der Waals surface area contributed by atoms with Crippen LogP contribution in [0.15, 0.2) is 0 Å². The van der Waals surface area contributed by atoms with Crippen LogP contribution in [0.4, 0.5) is 4.79 Å². The highest BCUT2D eigenvalue weighted by Crippen LogP contribution is 2.21. The second-order valence-electron chi connectivity index (χ2n) is 5.83. The first-order chi connectivity index (χ1) is 7.92. The number of amides is 1. The highest BCUT2D eigenvalue weighted by atomic mass is 16.6. The third-order valence-corrected chi connectivity index (χ3v) is 2.97. The summed E-state index contributed by atoms with van der Waals surface area (Å²) in [6.07, 6.45) is 3.29. The predicted molar refractivity (Wildman–Crippen MR) is 69.1 cm³/mol. The van der Waals surface area contributed by atoms with Crippen LogP contribution < -0.4 is 5.32 Å². The van der Waals surface area contributed by atoms with Crippen LogP contribution >= 0.6 is 0 Å². The van der Waals surface area contributed by atoms with Crippen molar-refractivity contribution in [2.75, 3.05) is 26.7 Å². The average molecular weight is 242 g/mol. The summed E-state index contributed by atoms with van der Waals surface area (Å²) in [5.74, 6) is 0.615. The Morgan fingerprint density at radius 1 is 1.47 bits per heavy atom. The normalized spacial score (nSPS) is 21.4. The van der Waals surface area contributed by atoms with E-state index in [2.05, 4.69) is 5.32 Å². The van der Waals surface area contributed by atoms with E-state index in [1.165, 1.54) is 6.42 Å². The number of nitrogens with zero attached hydrogens (tertiary/aromatic N) is 1. The highest BCUT2D eigenvalue weighted by molar-refractivity contribution is 5.68. The van der Waals surface area contributed by atoms with E-state index < -0.39 is 5.60 Å². The number of rotatable bonds is 3. The van der Waals surface area contributed by atoms with Crippen molar-refractivity contribution in [2.45, 2.75) is 45.6 Å². The number of hydrogen-bond acceptors (Lipinski definition) is 3. The summed E-state index contributed by atoms with van der Waals surface area (Å²) < 4.78 is 5.40. The Hall–Kier alpha value is -0.770. The predicted octanol–water partition coefficient (Wildman–Crippen LogP) is 2.24. The fraction of sp³-hybridized carbons (Fsp3) is 0.923. The summed E-state index contributed by atoms with van der Waals surface area (Å²) in [6.45, 7) is 8.43. The van der Waals surface area contributed by atoms with Gasteiger partial charge in [-0.2, -0.15) is 0 Å². The summed E-state index contributed by atoms with van der Waals surface area (Å²) >= 11 is 0. The van der Waals surface area contributed by atoms with Crippen LogP contribution in [0.25, 0.3) is 0 Å². The molecule has 4 heteroatoms. The molecule has 1 heterocycles. The number of carbonyl (C=O) groups excluding carboxylic acids is 1. The van der Waals surface area contributed by atoms with Crippen LogP contribution in [0.3, 0.4) is 0 Å². The standard InChI is InChI=1S/C13H26N2O2/c1-13(2,3)17-12(16)15-9-5-6-11(10-15)7-8-14-4/h11,14H,5-10H2,1-4H3. The van der Waals surface area contributed by atoms with Gasteiger partial charge in [0.2, 0.25) is 0 Å². The maximum Gasteiger partial charge on any atom is 0.410 e. The van der Waals surface area contributed by atoms with Crippen molar-refractivity contribution >= 4 is 6.09 Å². The summed E-state index contributed by atoms with van der Waals surface area (Å²) in [4.78, 5) is 13.8. The minimum absolute atomic E-state index is 0.161. The van der Waals surface area contributed by atoms with Crippen LogP contribution in [-0.2, 0) is 4.74 Å². The van der Waals surface area contributed by atoms with Crippen molar-refractivity contribution in [1.82, 2.24) is 10.2 Å². The van der Waals surface area contributed by atoms with Gasteiger partial charge < -0.3 is 15.0 Å². The molecule has 0 aromatic heterocycles. The van der Waals surface area contributed by atoms with Gasteiger partial charge in [-0.15, -0.1) is 0 Å². The topological polar surface area (TPSA) is 41.6 Å². The Morgan fingerprint density at radius 2 is 2.18 bits per heavy atom. The number of ether oxygens (including phenoxy) is 1. The van der Waals surface area contributed by atoms with Crippen LogP contribution in [-0.4, -0.2) is 43.3 Å². The summed E-state index contributed by atoms with van der Waals surface area (Å²) in [7, 11) is 1.97. The monoisotopic (exact) mass is 242 g/mol. The molecule has 1 atom stereocenters. The van der Waals surface area contributed by atoms with Gasteiger partial charge in [-0.05, 0) is 59.5 Å². The van der Waals surface area contributed by atoms with Gasteiger partial charge in [0.15, 0.2) is 0 Å². The van der Waals surface area contributed by atoms with Crippen molar-refractivity contribution < 1.29 is 9.53 Å². The second-order valence-corrected chi connectivity index (χ2v) is 5.83. The van der Waals surface area contributed by atoms with Crippen LogP contribution in [0.2, 0.25) is 0 Å². The molecule has 1 unspecified atom stereocenters. The molecule has 0 spiro atoms. The lowest BCUT2D eigenvalue weighted by molar-refractivity contribution is 0.0162. The van der Waals surface area contributed by atoms with Gasteiger partial charge >= 0.3 is 6.09 Å². The Labute approximate surface area is 105 Å². The lowest BCUT2D eigenvalue weighted by Gasteiger charge is -2.34. The Bertz CT molecular complexity index is 248. The fourth-order valence-electron chi connectivity index (χ4n) is 2.14. The number of hydrogen-bond donors (Lipinski definition) is 1. The first kappa shape index (κ1) is 14.3. The molecule has 100 valence electrons. The van der Waals surface area contributed by atoms with E-state index in [-0.39, 0.29) is 6.09 Å². The van der Waals surface area contributed by atoms with Crippen molar-refractivity contribution in [2.24, 2.45) is 5.92 Å². The molecular formula is C13H26N2O2. The van der Waals surface area contributed by atoms with E-state index in [9.17, 15) is 4.79 Å². The molecule has 1 amide bonds. The molecule has 17 heavy (non-hydrogen) atoms. The van der Waals surface area contributed by atoms with E-state index >= 15 is 0 Å². The van der Waals surface area contributed by atoms with E-state index in [0.29, 0.717) is 5.92 Å². The third-order valence-electron chi connectivity index (χ3n) is 2.97. The molecule has 0 saturated carbocycles. The Balaban J connectivity index is 2.40. The van der Waals surface area contributed by atoms with E-state index in [4.69, 9.17) is 4.74 Å². The minimum Gasteiger partial charge on any atom is -0.444 e. The summed E-state index contributed by atoms with van der Waals surface area (Å²) in [5.41, 5.74) is -0.394. The van der Waals surface area contributed by atoms with Crippen LogP contribution in [0, 0.1) is 5.92 Å².